The summed E-state index contributed by atoms with van der Waals surface area (Å²) in [5.41, 5.74) is 5.27. The highest BCUT2D eigenvalue weighted by molar-refractivity contribution is 7.99. The number of amides is 3. The van der Waals surface area contributed by atoms with Crippen LogP contribution in [0.4, 0.5) is 4.79 Å². The fraction of sp³-hybridized carbons (Fsp3) is 0.706. The van der Waals surface area contributed by atoms with Crippen molar-refractivity contribution in [3.8, 4) is 0 Å². The first-order chi connectivity index (χ1) is 13.5. The summed E-state index contributed by atoms with van der Waals surface area (Å²) in [5.74, 6) is 1.12. The molecule has 28 heavy (non-hydrogen) atoms. The molecule has 0 radical (unpaired) electrons. The van der Waals surface area contributed by atoms with Crippen molar-refractivity contribution in [3.63, 3.8) is 0 Å². The topological polar surface area (TPSA) is 124 Å². The van der Waals surface area contributed by atoms with Crippen molar-refractivity contribution in [2.45, 2.75) is 43.8 Å². The van der Waals surface area contributed by atoms with E-state index in [9.17, 15) is 14.4 Å². The van der Waals surface area contributed by atoms with Gasteiger partial charge in [-0.2, -0.15) is 0 Å². The summed E-state index contributed by atoms with van der Waals surface area (Å²) in [6.45, 7) is 4.45. The van der Waals surface area contributed by atoms with E-state index in [1.807, 2.05) is 4.57 Å². The van der Waals surface area contributed by atoms with Gasteiger partial charge in [-0.25, -0.2) is 4.79 Å². The highest BCUT2D eigenvalue weighted by Gasteiger charge is 2.31. The maximum Gasteiger partial charge on any atom is 0.409 e. The molecule has 1 aliphatic carbocycles. The van der Waals surface area contributed by atoms with Gasteiger partial charge >= 0.3 is 6.09 Å². The monoisotopic (exact) mass is 410 g/mol. The Kier molecular flexibility index (Phi) is 6.76. The Morgan fingerprint density at radius 3 is 2.43 bits per heavy atom. The van der Waals surface area contributed by atoms with E-state index in [1.165, 1.54) is 11.8 Å². The maximum atomic E-state index is 12.5. The Balaban J connectivity index is 1.52. The minimum atomic E-state index is -0.373. The minimum absolute atomic E-state index is 0.00840. The highest BCUT2D eigenvalue weighted by atomic mass is 32.2. The molecule has 154 valence electrons. The van der Waals surface area contributed by atoms with Gasteiger partial charge in [-0.15, -0.1) is 10.2 Å². The van der Waals surface area contributed by atoms with Gasteiger partial charge in [-0.1, -0.05) is 11.8 Å². The van der Waals surface area contributed by atoms with Gasteiger partial charge in [0.2, 0.25) is 11.8 Å². The molecule has 1 aromatic rings. The van der Waals surface area contributed by atoms with Crippen LogP contribution in [0.3, 0.4) is 0 Å². The first-order valence-corrected chi connectivity index (χ1v) is 10.5. The van der Waals surface area contributed by atoms with E-state index >= 15 is 0 Å². The predicted molar refractivity (Wildman–Crippen MR) is 102 cm³/mol. The lowest BCUT2D eigenvalue weighted by atomic mass is 10.3. The van der Waals surface area contributed by atoms with E-state index in [1.54, 1.807) is 16.7 Å². The van der Waals surface area contributed by atoms with E-state index in [0.29, 0.717) is 50.4 Å². The molecule has 1 saturated carbocycles. The molecule has 3 rings (SSSR count). The van der Waals surface area contributed by atoms with Crippen molar-refractivity contribution in [1.29, 1.82) is 0 Å². The van der Waals surface area contributed by atoms with Gasteiger partial charge in [0.15, 0.2) is 5.16 Å². The largest absolute Gasteiger partial charge is 0.450 e. The van der Waals surface area contributed by atoms with E-state index in [2.05, 4.69) is 10.2 Å². The van der Waals surface area contributed by atoms with Crippen LogP contribution < -0.4 is 5.73 Å². The van der Waals surface area contributed by atoms with Crippen molar-refractivity contribution in [2.24, 2.45) is 5.73 Å². The lowest BCUT2D eigenvalue weighted by Gasteiger charge is -2.34. The summed E-state index contributed by atoms with van der Waals surface area (Å²) in [6, 6.07) is 0. The normalized spacial score (nSPS) is 16.9. The molecule has 0 bridgehead atoms. The van der Waals surface area contributed by atoms with Crippen molar-refractivity contribution < 1.29 is 19.1 Å². The van der Waals surface area contributed by atoms with Crippen LogP contribution >= 0.6 is 11.8 Å². The van der Waals surface area contributed by atoms with Crippen molar-refractivity contribution >= 4 is 29.7 Å². The second kappa shape index (κ2) is 9.26. The molecule has 1 aromatic heterocycles. The van der Waals surface area contributed by atoms with E-state index in [-0.39, 0.29) is 30.1 Å². The van der Waals surface area contributed by atoms with Crippen LogP contribution in [-0.4, -0.2) is 81.0 Å². The van der Waals surface area contributed by atoms with Crippen molar-refractivity contribution in [1.82, 2.24) is 24.6 Å². The fourth-order valence-electron chi connectivity index (χ4n) is 3.05. The van der Waals surface area contributed by atoms with Crippen LogP contribution in [0.1, 0.15) is 37.9 Å². The first-order valence-electron chi connectivity index (χ1n) is 9.53. The lowest BCUT2D eigenvalue weighted by molar-refractivity contribution is -0.130. The lowest BCUT2D eigenvalue weighted by Crippen LogP contribution is -2.51. The van der Waals surface area contributed by atoms with Crippen molar-refractivity contribution in [2.75, 3.05) is 38.5 Å². The van der Waals surface area contributed by atoms with Gasteiger partial charge in [0.25, 0.3) is 0 Å². The number of ether oxygens (including phenoxy) is 1. The molecular weight excluding hydrogens is 384 g/mol. The van der Waals surface area contributed by atoms with Crippen LogP contribution in [0, 0.1) is 0 Å². The molecule has 1 aliphatic heterocycles. The number of thioether (sulfide) groups is 1. The van der Waals surface area contributed by atoms with Crippen LogP contribution in [0.2, 0.25) is 0 Å². The summed E-state index contributed by atoms with van der Waals surface area (Å²) < 4.78 is 6.91. The van der Waals surface area contributed by atoms with Crippen LogP contribution in [-0.2, 0) is 20.9 Å². The zero-order valence-electron chi connectivity index (χ0n) is 16.0. The molecule has 0 unspecified atom stereocenters. The second-order valence-corrected chi connectivity index (χ2v) is 7.78. The highest BCUT2D eigenvalue weighted by Crippen LogP contribution is 2.40. The number of carbonyl (C=O) groups is 3. The molecule has 11 heteroatoms. The molecular formula is C17H26N6O4S. The number of rotatable bonds is 8. The number of hydrogen-bond acceptors (Lipinski definition) is 7. The number of carbonyl (C=O) groups excluding carboxylic acids is 3. The molecule has 2 fully saturated rings. The van der Waals surface area contributed by atoms with E-state index in [0.717, 1.165) is 18.7 Å². The average Bonchev–Trinajstić information content (AvgIpc) is 3.45. The predicted octanol–water partition coefficient (Wildman–Crippen LogP) is 0.424. The third-order valence-corrected chi connectivity index (χ3v) is 5.70. The van der Waals surface area contributed by atoms with E-state index in [4.69, 9.17) is 10.5 Å². The van der Waals surface area contributed by atoms with Crippen LogP contribution in [0.15, 0.2) is 5.16 Å². The number of nitrogens with zero attached hydrogens (tertiary/aromatic N) is 5. The SMILES string of the molecule is CCOC(=O)N1CCN(C(=O)CSc2nnc(C3CC3)n2CCC(N)=O)CC1. The molecule has 0 aromatic carbocycles. The number of aromatic nitrogens is 3. The Labute approximate surface area is 167 Å². The standard InChI is InChI=1S/C17H26N6O4S/c1-2-27-17(26)22-9-7-21(8-10-22)14(25)11-28-16-20-19-15(12-3-4-12)23(16)6-5-13(18)24/h12H,2-11H2,1H3,(H2,18,24). The Bertz CT molecular complexity index is 727. The maximum absolute atomic E-state index is 12.5. The first kappa shape index (κ1) is 20.4. The number of hydrogen-bond donors (Lipinski definition) is 1. The van der Waals surface area contributed by atoms with Crippen LogP contribution in [0.25, 0.3) is 0 Å². The molecule has 3 amide bonds. The summed E-state index contributed by atoms with van der Waals surface area (Å²) >= 11 is 1.32. The third-order valence-electron chi connectivity index (χ3n) is 4.75. The molecule has 0 atom stereocenters. The molecule has 10 nitrogen and oxygen atoms in total. The Morgan fingerprint density at radius 2 is 1.82 bits per heavy atom. The number of primary amides is 1. The van der Waals surface area contributed by atoms with Crippen molar-refractivity contribution in [3.05, 3.63) is 5.82 Å². The molecule has 2 heterocycles. The Morgan fingerprint density at radius 1 is 1.14 bits per heavy atom. The van der Waals surface area contributed by atoms with Gasteiger partial charge in [0.1, 0.15) is 5.82 Å². The van der Waals surface area contributed by atoms with Gasteiger partial charge in [0.05, 0.1) is 12.4 Å². The van der Waals surface area contributed by atoms with Gasteiger partial charge in [-0.3, -0.25) is 9.59 Å². The summed E-state index contributed by atoms with van der Waals surface area (Å²) in [7, 11) is 0. The molecule has 2 aliphatic rings. The summed E-state index contributed by atoms with van der Waals surface area (Å²) in [6.07, 6.45) is 2.03. The van der Waals surface area contributed by atoms with Crippen LogP contribution in [0.5, 0.6) is 0 Å². The van der Waals surface area contributed by atoms with E-state index < -0.39 is 0 Å². The average molecular weight is 411 g/mol. The molecule has 1 saturated heterocycles. The second-order valence-electron chi connectivity index (χ2n) is 6.84. The quantitative estimate of drug-likeness (QED) is 0.616. The summed E-state index contributed by atoms with van der Waals surface area (Å²) in [4.78, 5) is 38.8. The Hall–Kier alpha value is -2.30. The number of nitrogens with two attached hydrogens (primary N) is 1. The summed E-state index contributed by atoms with van der Waals surface area (Å²) in [5, 5.41) is 9.10. The zero-order chi connectivity index (χ0) is 20.1. The van der Waals surface area contributed by atoms with Gasteiger partial charge in [-0.05, 0) is 19.8 Å². The zero-order valence-corrected chi connectivity index (χ0v) is 16.8. The smallest absolute Gasteiger partial charge is 0.409 e. The van der Waals surface area contributed by atoms with Gasteiger partial charge < -0.3 is 24.8 Å². The third kappa shape index (κ3) is 5.15. The number of piperazine rings is 1. The minimum Gasteiger partial charge on any atom is -0.450 e. The molecule has 2 N–H and O–H groups in total. The van der Waals surface area contributed by atoms with Gasteiger partial charge in [0, 0.05) is 45.1 Å². The molecule has 0 spiro atoms. The fourth-order valence-corrected chi connectivity index (χ4v) is 3.93.